The van der Waals surface area contributed by atoms with Crippen LogP contribution in [0.4, 0.5) is 13.2 Å². The highest BCUT2D eigenvalue weighted by Gasteiger charge is 2.30. The van der Waals surface area contributed by atoms with Gasteiger partial charge in [-0.15, -0.1) is 0 Å². The Kier molecular flexibility index (Phi) is 5.70. The maximum Gasteiger partial charge on any atom is 0.416 e. The molecule has 1 N–H and O–H groups in total. The molecule has 1 fully saturated rings. The summed E-state index contributed by atoms with van der Waals surface area (Å²) < 4.78 is 38.1. The average molecular weight is 348 g/mol. The van der Waals surface area contributed by atoms with Crippen molar-refractivity contribution in [2.24, 2.45) is 5.92 Å². The summed E-state index contributed by atoms with van der Waals surface area (Å²) in [4.78, 5) is 13.7. The maximum atomic E-state index is 12.7. The molecule has 1 aromatic rings. The minimum absolute atomic E-state index is 0.0208. The first kappa shape index (κ1) is 17.8. The Morgan fingerprint density at radius 2 is 2.17 bits per heavy atom. The van der Waals surface area contributed by atoms with Crippen molar-refractivity contribution >= 4 is 23.6 Å². The molecule has 1 aliphatic heterocycles. The fourth-order valence-electron chi connectivity index (χ4n) is 2.53. The number of piperidine rings is 1. The number of halogens is 4. The molecule has 126 valence electrons. The maximum absolute atomic E-state index is 12.7. The Labute approximate surface area is 137 Å². The number of aliphatic hydroxyl groups is 1. The normalized spacial score (nSPS) is 19.3. The molecule has 1 aromatic carbocycles. The molecule has 1 aliphatic rings. The topological polar surface area (TPSA) is 40.5 Å². The van der Waals surface area contributed by atoms with Gasteiger partial charge in [0.1, 0.15) is 0 Å². The minimum atomic E-state index is -4.46. The van der Waals surface area contributed by atoms with Gasteiger partial charge in [-0.05, 0) is 48.6 Å². The lowest BCUT2D eigenvalue weighted by Gasteiger charge is -2.31. The van der Waals surface area contributed by atoms with Crippen LogP contribution in [-0.4, -0.2) is 35.6 Å². The molecule has 1 heterocycles. The number of carbonyl (C=O) groups excluding carboxylic acids is 1. The average Bonchev–Trinajstić information content (AvgIpc) is 2.52. The SMILES string of the molecule is O=C(/C=C/c1cc(C(F)(F)F)ccc1Cl)N1CCCC(CO)C1. The number of carbonyl (C=O) groups is 1. The van der Waals surface area contributed by atoms with Crippen molar-refractivity contribution in [3.8, 4) is 0 Å². The Morgan fingerprint density at radius 1 is 1.43 bits per heavy atom. The predicted octanol–water partition coefficient (Wildman–Crippen LogP) is 3.60. The molecule has 0 radical (unpaired) electrons. The Bertz CT molecular complexity index is 601. The number of rotatable bonds is 3. The summed E-state index contributed by atoms with van der Waals surface area (Å²) in [6, 6.07) is 2.98. The monoisotopic (exact) mass is 347 g/mol. The van der Waals surface area contributed by atoms with E-state index in [4.69, 9.17) is 16.7 Å². The van der Waals surface area contributed by atoms with Gasteiger partial charge in [0, 0.05) is 30.8 Å². The van der Waals surface area contributed by atoms with Gasteiger partial charge in [-0.25, -0.2) is 0 Å². The van der Waals surface area contributed by atoms with Crippen molar-refractivity contribution in [3.63, 3.8) is 0 Å². The Balaban J connectivity index is 2.11. The van der Waals surface area contributed by atoms with Gasteiger partial charge in [0.25, 0.3) is 0 Å². The lowest BCUT2D eigenvalue weighted by atomic mass is 9.99. The van der Waals surface area contributed by atoms with Gasteiger partial charge in [0.2, 0.25) is 5.91 Å². The van der Waals surface area contributed by atoms with E-state index in [9.17, 15) is 18.0 Å². The van der Waals surface area contributed by atoms with Crippen molar-refractivity contribution in [3.05, 3.63) is 40.4 Å². The highest BCUT2D eigenvalue weighted by atomic mass is 35.5. The van der Waals surface area contributed by atoms with E-state index in [1.807, 2.05) is 0 Å². The lowest BCUT2D eigenvalue weighted by molar-refractivity contribution is -0.137. The standard InChI is InChI=1S/C16H17ClF3NO2/c17-14-5-4-13(16(18,19)20)8-12(14)3-6-15(23)21-7-1-2-11(9-21)10-22/h3-6,8,11,22H,1-2,7,9-10H2/b6-3+. The molecule has 7 heteroatoms. The van der Waals surface area contributed by atoms with Gasteiger partial charge in [-0.1, -0.05) is 11.6 Å². The zero-order chi connectivity index (χ0) is 17.0. The molecular weight excluding hydrogens is 331 g/mol. The second kappa shape index (κ2) is 7.36. The fraction of sp³-hybridized carbons (Fsp3) is 0.438. The van der Waals surface area contributed by atoms with E-state index < -0.39 is 11.7 Å². The van der Waals surface area contributed by atoms with Crippen LogP contribution in [0.1, 0.15) is 24.0 Å². The number of likely N-dealkylation sites (tertiary alicyclic amines) is 1. The van der Waals surface area contributed by atoms with Crippen LogP contribution in [0.15, 0.2) is 24.3 Å². The van der Waals surface area contributed by atoms with Crippen molar-refractivity contribution in [2.45, 2.75) is 19.0 Å². The number of hydrogen-bond acceptors (Lipinski definition) is 2. The number of amides is 1. The summed E-state index contributed by atoms with van der Waals surface area (Å²) in [5.41, 5.74) is -0.669. The van der Waals surface area contributed by atoms with E-state index in [2.05, 4.69) is 0 Å². The zero-order valence-corrected chi connectivity index (χ0v) is 13.1. The van der Waals surface area contributed by atoms with E-state index in [0.717, 1.165) is 31.0 Å². The minimum Gasteiger partial charge on any atom is -0.396 e. The molecule has 1 unspecified atom stereocenters. The van der Waals surface area contributed by atoms with Gasteiger partial charge in [0.15, 0.2) is 0 Å². The van der Waals surface area contributed by atoms with Crippen LogP contribution in [0.3, 0.4) is 0 Å². The Morgan fingerprint density at radius 3 is 2.83 bits per heavy atom. The van der Waals surface area contributed by atoms with Crippen LogP contribution >= 0.6 is 11.6 Å². The second-order valence-corrected chi connectivity index (χ2v) is 5.95. The number of benzene rings is 1. The van der Waals surface area contributed by atoms with Crippen LogP contribution < -0.4 is 0 Å². The second-order valence-electron chi connectivity index (χ2n) is 5.54. The number of hydrogen-bond donors (Lipinski definition) is 1. The van der Waals surface area contributed by atoms with Gasteiger partial charge < -0.3 is 10.0 Å². The van der Waals surface area contributed by atoms with E-state index in [-0.39, 0.29) is 29.0 Å². The van der Waals surface area contributed by atoms with Crippen LogP contribution in [0.5, 0.6) is 0 Å². The molecule has 1 saturated heterocycles. The highest BCUT2D eigenvalue weighted by molar-refractivity contribution is 6.32. The summed E-state index contributed by atoms with van der Waals surface area (Å²) in [7, 11) is 0. The molecule has 3 nitrogen and oxygen atoms in total. The third kappa shape index (κ3) is 4.72. The third-order valence-electron chi connectivity index (χ3n) is 3.82. The van der Waals surface area contributed by atoms with Gasteiger partial charge in [-0.2, -0.15) is 13.2 Å². The van der Waals surface area contributed by atoms with Gasteiger partial charge >= 0.3 is 6.18 Å². The van der Waals surface area contributed by atoms with Crippen molar-refractivity contribution in [1.29, 1.82) is 0 Å². The van der Waals surface area contributed by atoms with Gasteiger partial charge in [-0.3, -0.25) is 4.79 Å². The van der Waals surface area contributed by atoms with Crippen molar-refractivity contribution < 1.29 is 23.1 Å². The molecule has 1 atom stereocenters. The molecule has 0 spiro atoms. The molecular formula is C16H17ClF3NO2. The number of nitrogens with zero attached hydrogens (tertiary/aromatic N) is 1. The van der Waals surface area contributed by atoms with E-state index in [1.54, 1.807) is 4.90 Å². The zero-order valence-electron chi connectivity index (χ0n) is 12.3. The summed E-state index contributed by atoms with van der Waals surface area (Å²) >= 11 is 5.88. The molecule has 1 amide bonds. The van der Waals surface area contributed by atoms with Gasteiger partial charge in [0.05, 0.1) is 5.56 Å². The number of aliphatic hydroxyl groups excluding tert-OH is 1. The third-order valence-corrected chi connectivity index (χ3v) is 4.16. The largest absolute Gasteiger partial charge is 0.416 e. The first-order valence-electron chi connectivity index (χ1n) is 7.26. The lowest BCUT2D eigenvalue weighted by Crippen LogP contribution is -2.40. The molecule has 23 heavy (non-hydrogen) atoms. The molecule has 0 bridgehead atoms. The first-order chi connectivity index (χ1) is 10.8. The smallest absolute Gasteiger partial charge is 0.396 e. The first-order valence-corrected chi connectivity index (χ1v) is 7.63. The fourth-order valence-corrected chi connectivity index (χ4v) is 2.71. The van der Waals surface area contributed by atoms with E-state index >= 15 is 0 Å². The molecule has 0 saturated carbocycles. The molecule has 2 rings (SSSR count). The van der Waals surface area contributed by atoms with Crippen molar-refractivity contribution in [1.82, 2.24) is 4.90 Å². The molecule has 0 aliphatic carbocycles. The van der Waals surface area contributed by atoms with E-state index in [0.29, 0.717) is 13.1 Å². The van der Waals surface area contributed by atoms with Crippen LogP contribution in [0, 0.1) is 5.92 Å². The summed E-state index contributed by atoms with van der Waals surface area (Å²) in [5.74, 6) is -0.241. The summed E-state index contributed by atoms with van der Waals surface area (Å²) in [6.45, 7) is 1.05. The predicted molar refractivity (Wildman–Crippen MR) is 81.9 cm³/mol. The summed E-state index contributed by atoms with van der Waals surface area (Å²) in [6.07, 6.45) is -0.277. The molecule has 0 aromatic heterocycles. The van der Waals surface area contributed by atoms with Crippen LogP contribution in [0.25, 0.3) is 6.08 Å². The van der Waals surface area contributed by atoms with Crippen LogP contribution in [-0.2, 0) is 11.0 Å². The highest BCUT2D eigenvalue weighted by Crippen LogP contribution is 2.32. The summed E-state index contributed by atoms with van der Waals surface area (Å²) in [5, 5.41) is 9.31. The number of alkyl halides is 3. The van der Waals surface area contributed by atoms with E-state index in [1.165, 1.54) is 12.2 Å². The Hall–Kier alpha value is -1.53. The quantitative estimate of drug-likeness (QED) is 0.849. The van der Waals surface area contributed by atoms with Crippen LogP contribution in [0.2, 0.25) is 5.02 Å². The van der Waals surface area contributed by atoms with Crippen molar-refractivity contribution in [2.75, 3.05) is 19.7 Å².